The Morgan fingerprint density at radius 3 is 2.70 bits per heavy atom. The lowest BCUT2D eigenvalue weighted by atomic mass is 10.4. The van der Waals surface area contributed by atoms with E-state index in [2.05, 4.69) is 11.9 Å². The fourth-order valence-corrected chi connectivity index (χ4v) is 0.881. The Balaban J connectivity index is 0.000000810. The Morgan fingerprint density at radius 1 is 1.60 bits per heavy atom. The Morgan fingerprint density at radius 2 is 2.30 bits per heavy atom. The smallest absolute Gasteiger partial charge is 0.169 e. The van der Waals surface area contributed by atoms with E-state index < -0.39 is 0 Å². The number of hydrogen-bond donors (Lipinski definition) is 0. The third-order valence-electron chi connectivity index (χ3n) is 1.50. The van der Waals surface area contributed by atoms with E-state index >= 15 is 0 Å². The van der Waals surface area contributed by atoms with E-state index in [1.165, 1.54) is 0 Å². The third-order valence-corrected chi connectivity index (χ3v) is 1.50. The second kappa shape index (κ2) is 4.91. The van der Waals surface area contributed by atoms with Crippen molar-refractivity contribution >= 4 is 12.4 Å². The fourth-order valence-electron chi connectivity index (χ4n) is 0.881. The Kier molecular flexibility index (Phi) is 4.99. The van der Waals surface area contributed by atoms with Crippen LogP contribution < -0.4 is 0 Å². The molecule has 1 rings (SSSR count). The van der Waals surface area contributed by atoms with Crippen LogP contribution in [0.2, 0.25) is 0 Å². The number of methoxy groups -OCH3 is 1. The zero-order valence-corrected chi connectivity index (χ0v) is 7.19. The predicted octanol–water partition coefficient (Wildman–Crippen LogP) is 0.343. The molecule has 0 aliphatic carbocycles. The molecule has 1 fully saturated rings. The molecular formula is C6H14ClNO2. The molecule has 1 aliphatic heterocycles. The van der Waals surface area contributed by atoms with Gasteiger partial charge in [0.2, 0.25) is 0 Å². The maximum atomic E-state index is 5.23. The molecule has 0 saturated carbocycles. The standard InChI is InChI=1S/C6H13NO2.ClH/c1-7-3-4-9-6(5-7)8-2;/h6H,3-5H2,1-2H3;1H/t6-;/m1./s1. The topological polar surface area (TPSA) is 21.7 Å². The summed E-state index contributed by atoms with van der Waals surface area (Å²) in [5.74, 6) is 0. The van der Waals surface area contributed by atoms with Gasteiger partial charge in [0.1, 0.15) is 0 Å². The van der Waals surface area contributed by atoms with Crippen molar-refractivity contribution in [2.24, 2.45) is 0 Å². The summed E-state index contributed by atoms with van der Waals surface area (Å²) in [6.07, 6.45) is -0.0104. The SMILES string of the molecule is CO[C@H]1CN(C)CCO1.Cl. The van der Waals surface area contributed by atoms with Gasteiger partial charge in [-0.3, -0.25) is 4.90 Å². The van der Waals surface area contributed by atoms with Crippen LogP contribution in [0, 0.1) is 0 Å². The minimum absolute atomic E-state index is 0. The molecular weight excluding hydrogens is 154 g/mol. The summed E-state index contributed by atoms with van der Waals surface area (Å²) >= 11 is 0. The number of morpholine rings is 1. The monoisotopic (exact) mass is 167 g/mol. The van der Waals surface area contributed by atoms with Crippen molar-refractivity contribution in [2.75, 3.05) is 33.9 Å². The first-order valence-corrected chi connectivity index (χ1v) is 3.16. The molecule has 4 heteroatoms. The number of likely N-dealkylation sites (N-methyl/N-ethyl adjacent to an activating group) is 1. The number of rotatable bonds is 1. The summed E-state index contributed by atoms with van der Waals surface area (Å²) in [6.45, 7) is 2.69. The van der Waals surface area contributed by atoms with Gasteiger partial charge in [-0.05, 0) is 7.05 Å². The van der Waals surface area contributed by atoms with Crippen LogP contribution in [0.15, 0.2) is 0 Å². The van der Waals surface area contributed by atoms with Gasteiger partial charge in [0.05, 0.1) is 6.61 Å². The highest BCUT2D eigenvalue weighted by Crippen LogP contribution is 2.01. The Bertz CT molecular complexity index is 91.8. The van der Waals surface area contributed by atoms with Crippen LogP contribution in [0.25, 0.3) is 0 Å². The third kappa shape index (κ3) is 2.84. The number of nitrogens with zero attached hydrogens (tertiary/aromatic N) is 1. The molecule has 3 nitrogen and oxygen atoms in total. The number of halogens is 1. The highest BCUT2D eigenvalue weighted by Gasteiger charge is 2.15. The van der Waals surface area contributed by atoms with E-state index in [0.29, 0.717) is 0 Å². The lowest BCUT2D eigenvalue weighted by molar-refractivity contribution is -0.160. The first kappa shape index (κ1) is 10.2. The predicted molar refractivity (Wildman–Crippen MR) is 41.5 cm³/mol. The van der Waals surface area contributed by atoms with Crippen LogP contribution >= 0.6 is 12.4 Å². The van der Waals surface area contributed by atoms with Crippen molar-refractivity contribution in [2.45, 2.75) is 6.29 Å². The van der Waals surface area contributed by atoms with Crippen molar-refractivity contribution in [3.63, 3.8) is 0 Å². The highest BCUT2D eigenvalue weighted by molar-refractivity contribution is 5.85. The average molecular weight is 168 g/mol. The maximum absolute atomic E-state index is 5.23. The van der Waals surface area contributed by atoms with Gasteiger partial charge < -0.3 is 9.47 Å². The summed E-state index contributed by atoms with van der Waals surface area (Å²) in [5, 5.41) is 0. The molecule has 0 unspecified atom stereocenters. The maximum Gasteiger partial charge on any atom is 0.169 e. The molecule has 0 aromatic carbocycles. The van der Waals surface area contributed by atoms with Crippen LogP contribution in [0.5, 0.6) is 0 Å². The summed E-state index contributed by atoms with van der Waals surface area (Å²) in [5.41, 5.74) is 0. The van der Waals surface area contributed by atoms with Crippen LogP contribution in [0.4, 0.5) is 0 Å². The molecule has 62 valence electrons. The lowest BCUT2D eigenvalue weighted by Crippen LogP contribution is -2.40. The van der Waals surface area contributed by atoms with Crippen LogP contribution in [0.1, 0.15) is 0 Å². The fraction of sp³-hybridized carbons (Fsp3) is 1.00. The second-order valence-electron chi connectivity index (χ2n) is 2.30. The van der Waals surface area contributed by atoms with Gasteiger partial charge >= 0.3 is 0 Å². The van der Waals surface area contributed by atoms with Gasteiger partial charge in [-0.2, -0.15) is 0 Å². The summed E-state index contributed by atoms with van der Waals surface area (Å²) in [7, 11) is 3.73. The molecule has 1 aliphatic rings. The van der Waals surface area contributed by atoms with Crippen molar-refractivity contribution in [1.29, 1.82) is 0 Å². The van der Waals surface area contributed by atoms with Crippen molar-refractivity contribution < 1.29 is 9.47 Å². The minimum atomic E-state index is -0.0104. The zero-order valence-electron chi connectivity index (χ0n) is 6.37. The Labute approximate surface area is 67.7 Å². The van der Waals surface area contributed by atoms with Gasteiger partial charge in [0.25, 0.3) is 0 Å². The van der Waals surface area contributed by atoms with Crippen LogP contribution in [0.3, 0.4) is 0 Å². The molecule has 1 heterocycles. The van der Waals surface area contributed by atoms with Gasteiger partial charge in [-0.25, -0.2) is 0 Å². The van der Waals surface area contributed by atoms with Crippen molar-refractivity contribution in [1.82, 2.24) is 4.90 Å². The summed E-state index contributed by atoms with van der Waals surface area (Å²) in [4.78, 5) is 2.19. The number of ether oxygens (including phenoxy) is 2. The van der Waals surface area contributed by atoms with Gasteiger partial charge in [-0.15, -0.1) is 12.4 Å². The summed E-state index contributed by atoms with van der Waals surface area (Å²) in [6, 6.07) is 0. The van der Waals surface area contributed by atoms with E-state index in [-0.39, 0.29) is 18.7 Å². The molecule has 0 aromatic heterocycles. The van der Waals surface area contributed by atoms with Crippen LogP contribution in [-0.2, 0) is 9.47 Å². The molecule has 0 aromatic rings. The number of hydrogen-bond acceptors (Lipinski definition) is 3. The van der Waals surface area contributed by atoms with E-state index in [4.69, 9.17) is 9.47 Å². The molecule has 0 N–H and O–H groups in total. The van der Waals surface area contributed by atoms with Gasteiger partial charge in [0, 0.05) is 20.2 Å². The van der Waals surface area contributed by atoms with Gasteiger partial charge in [0.15, 0.2) is 6.29 Å². The molecule has 0 spiro atoms. The first-order valence-electron chi connectivity index (χ1n) is 3.16. The molecule has 10 heavy (non-hydrogen) atoms. The minimum Gasteiger partial charge on any atom is -0.355 e. The molecule has 1 saturated heterocycles. The Hall–Kier alpha value is 0.170. The van der Waals surface area contributed by atoms with E-state index in [9.17, 15) is 0 Å². The molecule has 0 bridgehead atoms. The molecule has 0 radical (unpaired) electrons. The average Bonchev–Trinajstić information content (AvgIpc) is 1.88. The van der Waals surface area contributed by atoms with E-state index in [0.717, 1.165) is 19.7 Å². The first-order chi connectivity index (χ1) is 4.33. The van der Waals surface area contributed by atoms with Crippen molar-refractivity contribution in [3.05, 3.63) is 0 Å². The summed E-state index contributed by atoms with van der Waals surface area (Å²) < 4.78 is 10.2. The lowest BCUT2D eigenvalue weighted by Gasteiger charge is -2.28. The van der Waals surface area contributed by atoms with Gasteiger partial charge in [-0.1, -0.05) is 0 Å². The van der Waals surface area contributed by atoms with Crippen molar-refractivity contribution in [3.8, 4) is 0 Å². The molecule has 1 atom stereocenters. The molecule has 0 amide bonds. The second-order valence-corrected chi connectivity index (χ2v) is 2.30. The normalized spacial score (nSPS) is 27.6. The highest BCUT2D eigenvalue weighted by atomic mass is 35.5. The quantitative estimate of drug-likeness (QED) is 0.563. The largest absolute Gasteiger partial charge is 0.355 e. The van der Waals surface area contributed by atoms with Crippen LogP contribution in [-0.4, -0.2) is 45.0 Å². The van der Waals surface area contributed by atoms with E-state index in [1.807, 2.05) is 0 Å². The zero-order chi connectivity index (χ0) is 6.69. The van der Waals surface area contributed by atoms with E-state index in [1.54, 1.807) is 7.11 Å².